The van der Waals surface area contributed by atoms with Gasteiger partial charge in [-0.05, 0) is 43.4 Å². The lowest BCUT2D eigenvalue weighted by Crippen LogP contribution is -2.17. The summed E-state index contributed by atoms with van der Waals surface area (Å²) >= 11 is 3.13. The number of aryl methyl sites for hydroxylation is 4. The van der Waals surface area contributed by atoms with Gasteiger partial charge in [0.2, 0.25) is 5.91 Å². The molecule has 0 aliphatic rings. The molecule has 1 N–H and O–H groups in total. The summed E-state index contributed by atoms with van der Waals surface area (Å²) in [6.45, 7) is 8.45. The monoisotopic (exact) mass is 490 g/mol. The number of hydrogen-bond donors (Lipinski definition) is 1. The number of nitrogens with one attached hydrogen (secondary N) is 1. The Labute approximate surface area is 209 Å². The first-order valence-corrected chi connectivity index (χ1v) is 13.4. The Morgan fingerprint density at radius 2 is 1.71 bits per heavy atom. The van der Waals surface area contributed by atoms with Gasteiger partial charge in [0.15, 0.2) is 11.0 Å². The minimum absolute atomic E-state index is 0.0307. The molecule has 0 unspecified atom stereocenters. The van der Waals surface area contributed by atoms with Crippen LogP contribution < -0.4 is 5.32 Å². The molecule has 4 aromatic rings. The van der Waals surface area contributed by atoms with Gasteiger partial charge in [-0.25, -0.2) is 0 Å². The van der Waals surface area contributed by atoms with Crippen LogP contribution in [0.1, 0.15) is 35.4 Å². The van der Waals surface area contributed by atoms with Crippen LogP contribution in [0.25, 0.3) is 22.5 Å². The standard InChI is InChI=1S/C27H30N4OS2/c1-6-19-9-8-10-20(7-2)25(19)28-23(32)16-34-27-30-29-26(31(27)5)22-15-33-18(4)24(22)21-13-11-17(3)12-14-21/h8-15H,6-7,16H2,1-5H3,(H,28,32). The van der Waals surface area contributed by atoms with E-state index in [9.17, 15) is 4.79 Å². The van der Waals surface area contributed by atoms with E-state index in [4.69, 9.17) is 0 Å². The molecule has 4 rings (SSSR count). The van der Waals surface area contributed by atoms with E-state index in [0.717, 1.165) is 46.2 Å². The zero-order valence-corrected chi connectivity index (χ0v) is 21.9. The fourth-order valence-corrected chi connectivity index (χ4v) is 5.66. The lowest BCUT2D eigenvalue weighted by Gasteiger charge is -2.14. The van der Waals surface area contributed by atoms with E-state index < -0.39 is 0 Å². The summed E-state index contributed by atoms with van der Waals surface area (Å²) in [5, 5.41) is 14.9. The van der Waals surface area contributed by atoms with Crippen molar-refractivity contribution < 1.29 is 4.79 Å². The van der Waals surface area contributed by atoms with Crippen LogP contribution in [0.3, 0.4) is 0 Å². The third-order valence-corrected chi connectivity index (χ3v) is 7.92. The van der Waals surface area contributed by atoms with Crippen LogP contribution in [-0.4, -0.2) is 26.4 Å². The van der Waals surface area contributed by atoms with Gasteiger partial charge in [0, 0.05) is 34.1 Å². The first-order valence-electron chi connectivity index (χ1n) is 11.5. The van der Waals surface area contributed by atoms with E-state index in [1.54, 1.807) is 11.3 Å². The summed E-state index contributed by atoms with van der Waals surface area (Å²) in [4.78, 5) is 14.0. The lowest BCUT2D eigenvalue weighted by molar-refractivity contribution is -0.113. The number of thioether (sulfide) groups is 1. The van der Waals surface area contributed by atoms with Crippen LogP contribution in [0.5, 0.6) is 0 Å². The molecule has 0 bridgehead atoms. The van der Waals surface area contributed by atoms with Crippen molar-refractivity contribution >= 4 is 34.7 Å². The number of rotatable bonds is 8. The quantitative estimate of drug-likeness (QED) is 0.280. The summed E-state index contributed by atoms with van der Waals surface area (Å²) in [5.74, 6) is 1.06. The topological polar surface area (TPSA) is 59.8 Å². The Hall–Kier alpha value is -2.90. The SMILES string of the molecule is CCc1cccc(CC)c1NC(=O)CSc1nnc(-c2csc(C)c2-c2ccc(C)cc2)n1C. The van der Waals surface area contributed by atoms with E-state index in [0.29, 0.717) is 0 Å². The molecule has 0 saturated carbocycles. The van der Waals surface area contributed by atoms with Crippen LogP contribution in [-0.2, 0) is 24.7 Å². The molecule has 0 spiro atoms. The highest BCUT2D eigenvalue weighted by Crippen LogP contribution is 2.39. The second-order valence-electron chi connectivity index (χ2n) is 8.31. The normalized spacial score (nSPS) is 11.1. The maximum Gasteiger partial charge on any atom is 0.234 e. The molecule has 0 aliphatic heterocycles. The smallest absolute Gasteiger partial charge is 0.234 e. The number of para-hydroxylation sites is 1. The van der Waals surface area contributed by atoms with Crippen molar-refractivity contribution in [2.24, 2.45) is 7.05 Å². The van der Waals surface area contributed by atoms with Crippen molar-refractivity contribution in [2.45, 2.75) is 45.7 Å². The zero-order valence-electron chi connectivity index (χ0n) is 20.3. The maximum atomic E-state index is 12.8. The molecule has 34 heavy (non-hydrogen) atoms. The minimum atomic E-state index is -0.0307. The number of thiophene rings is 1. The fraction of sp³-hybridized carbons (Fsp3) is 0.296. The highest BCUT2D eigenvalue weighted by Gasteiger charge is 2.20. The molecule has 0 saturated heterocycles. The van der Waals surface area contributed by atoms with E-state index in [2.05, 4.69) is 91.1 Å². The molecule has 0 radical (unpaired) electrons. The maximum absolute atomic E-state index is 12.8. The number of hydrogen-bond acceptors (Lipinski definition) is 5. The molecule has 5 nitrogen and oxygen atoms in total. The summed E-state index contributed by atoms with van der Waals surface area (Å²) in [5.41, 5.74) is 7.96. The number of aromatic nitrogens is 3. The van der Waals surface area contributed by atoms with Crippen molar-refractivity contribution in [3.05, 3.63) is 69.4 Å². The predicted molar refractivity (Wildman–Crippen MR) is 144 cm³/mol. The lowest BCUT2D eigenvalue weighted by atomic mass is 10.0. The summed E-state index contributed by atoms with van der Waals surface area (Å²) in [7, 11) is 1.96. The van der Waals surface area contributed by atoms with Crippen LogP contribution >= 0.6 is 23.1 Å². The number of benzene rings is 2. The molecule has 7 heteroatoms. The van der Waals surface area contributed by atoms with Crippen LogP contribution in [0.4, 0.5) is 5.69 Å². The second-order valence-corrected chi connectivity index (χ2v) is 10.3. The highest BCUT2D eigenvalue weighted by molar-refractivity contribution is 7.99. The zero-order chi connectivity index (χ0) is 24.2. The molecule has 2 aromatic heterocycles. The van der Waals surface area contributed by atoms with Gasteiger partial charge < -0.3 is 9.88 Å². The van der Waals surface area contributed by atoms with Gasteiger partial charge in [-0.1, -0.05) is 73.6 Å². The molecule has 2 aromatic carbocycles. The van der Waals surface area contributed by atoms with Crippen LogP contribution in [0.15, 0.2) is 53.0 Å². The fourth-order valence-electron chi connectivity index (χ4n) is 4.08. The largest absolute Gasteiger partial charge is 0.325 e. The summed E-state index contributed by atoms with van der Waals surface area (Å²) < 4.78 is 1.98. The third-order valence-electron chi connectivity index (χ3n) is 5.99. The van der Waals surface area contributed by atoms with Gasteiger partial charge in [0.25, 0.3) is 0 Å². The van der Waals surface area contributed by atoms with E-state index in [-0.39, 0.29) is 11.7 Å². The Kier molecular flexibility index (Phi) is 7.54. The molecule has 0 fully saturated rings. The Morgan fingerprint density at radius 1 is 1.03 bits per heavy atom. The molecular weight excluding hydrogens is 460 g/mol. The van der Waals surface area contributed by atoms with Crippen molar-refractivity contribution in [3.63, 3.8) is 0 Å². The number of anilines is 1. The Bertz CT molecular complexity index is 1280. The van der Waals surface area contributed by atoms with Crippen molar-refractivity contribution in [1.29, 1.82) is 0 Å². The number of nitrogens with zero attached hydrogens (tertiary/aromatic N) is 3. The van der Waals surface area contributed by atoms with Crippen LogP contribution in [0.2, 0.25) is 0 Å². The third kappa shape index (κ3) is 4.95. The van der Waals surface area contributed by atoms with Crippen LogP contribution in [0, 0.1) is 13.8 Å². The van der Waals surface area contributed by atoms with Gasteiger partial charge in [0.1, 0.15) is 0 Å². The van der Waals surface area contributed by atoms with E-state index in [1.165, 1.54) is 33.3 Å². The van der Waals surface area contributed by atoms with Crippen molar-refractivity contribution in [2.75, 3.05) is 11.1 Å². The Balaban J connectivity index is 1.52. The molecular formula is C27H30N4OS2. The molecule has 1 amide bonds. The molecule has 0 atom stereocenters. The summed E-state index contributed by atoms with van der Waals surface area (Å²) in [6, 6.07) is 14.8. The van der Waals surface area contributed by atoms with Crippen molar-refractivity contribution in [1.82, 2.24) is 14.8 Å². The van der Waals surface area contributed by atoms with Gasteiger partial charge in [-0.15, -0.1) is 21.5 Å². The average molecular weight is 491 g/mol. The van der Waals surface area contributed by atoms with Gasteiger partial charge in [-0.2, -0.15) is 0 Å². The number of amides is 1. The number of carbonyl (C=O) groups is 1. The molecule has 0 aliphatic carbocycles. The number of carbonyl (C=O) groups excluding carboxylic acids is 1. The molecule has 176 valence electrons. The predicted octanol–water partition coefficient (Wildman–Crippen LogP) is 6.68. The van der Waals surface area contributed by atoms with Gasteiger partial charge >= 0.3 is 0 Å². The van der Waals surface area contributed by atoms with Gasteiger partial charge in [-0.3, -0.25) is 4.79 Å². The highest BCUT2D eigenvalue weighted by atomic mass is 32.2. The van der Waals surface area contributed by atoms with E-state index in [1.807, 2.05) is 11.6 Å². The van der Waals surface area contributed by atoms with E-state index >= 15 is 0 Å². The van der Waals surface area contributed by atoms with Gasteiger partial charge in [0.05, 0.1) is 5.75 Å². The second kappa shape index (κ2) is 10.6. The Morgan fingerprint density at radius 3 is 2.35 bits per heavy atom. The first-order chi connectivity index (χ1) is 16.4. The first kappa shape index (κ1) is 24.2. The van der Waals surface area contributed by atoms with Crippen molar-refractivity contribution in [3.8, 4) is 22.5 Å². The average Bonchev–Trinajstić information content (AvgIpc) is 3.40. The minimum Gasteiger partial charge on any atom is -0.325 e. The molecule has 2 heterocycles. The summed E-state index contributed by atoms with van der Waals surface area (Å²) in [6.07, 6.45) is 1.76.